The first-order valence-electron chi connectivity index (χ1n) is 12.8. The van der Waals surface area contributed by atoms with Crippen LogP contribution in [-0.4, -0.2) is 37.0 Å². The molecule has 2 fully saturated rings. The zero-order chi connectivity index (χ0) is 26.1. The second-order valence-electron chi connectivity index (χ2n) is 9.81. The van der Waals surface area contributed by atoms with E-state index in [-0.39, 0.29) is 11.3 Å². The maximum Gasteiger partial charge on any atom is 0.300 e. The van der Waals surface area contributed by atoms with E-state index in [1.807, 2.05) is 74.5 Å². The van der Waals surface area contributed by atoms with Gasteiger partial charge in [-0.15, -0.1) is 0 Å². The van der Waals surface area contributed by atoms with Gasteiger partial charge in [0, 0.05) is 24.5 Å². The van der Waals surface area contributed by atoms with Crippen LogP contribution in [0.4, 0.5) is 11.4 Å². The van der Waals surface area contributed by atoms with Gasteiger partial charge in [-0.3, -0.25) is 14.5 Å². The van der Waals surface area contributed by atoms with E-state index in [9.17, 15) is 14.7 Å². The predicted molar refractivity (Wildman–Crippen MR) is 146 cm³/mol. The van der Waals surface area contributed by atoms with E-state index < -0.39 is 17.7 Å². The summed E-state index contributed by atoms with van der Waals surface area (Å²) in [6, 6.07) is 20.1. The number of anilines is 2. The lowest BCUT2D eigenvalue weighted by molar-refractivity contribution is -0.132. The van der Waals surface area contributed by atoms with Crippen LogP contribution in [0.3, 0.4) is 0 Å². The minimum absolute atomic E-state index is 0.0552. The lowest BCUT2D eigenvalue weighted by Crippen LogP contribution is -2.30. The van der Waals surface area contributed by atoms with Gasteiger partial charge in [0.15, 0.2) is 0 Å². The molecule has 0 aliphatic carbocycles. The van der Waals surface area contributed by atoms with Crippen LogP contribution in [0.1, 0.15) is 47.6 Å². The molecule has 3 aromatic carbocycles. The molecule has 3 aromatic rings. The first-order valence-corrected chi connectivity index (χ1v) is 12.8. The van der Waals surface area contributed by atoms with Gasteiger partial charge in [0.2, 0.25) is 0 Å². The Balaban J connectivity index is 1.64. The number of aryl methyl sites for hydroxylation is 2. The third-order valence-electron chi connectivity index (χ3n) is 7.29. The monoisotopic (exact) mass is 496 g/mol. The number of piperidine rings is 1. The minimum atomic E-state index is -0.771. The van der Waals surface area contributed by atoms with Crippen molar-refractivity contribution in [3.05, 3.63) is 94.6 Å². The molecule has 2 aliphatic heterocycles. The van der Waals surface area contributed by atoms with Crippen LogP contribution < -0.4 is 14.5 Å². The molecule has 2 saturated heterocycles. The number of aliphatic hydroxyl groups excluding tert-OH is 1. The van der Waals surface area contributed by atoms with Gasteiger partial charge in [0.1, 0.15) is 11.5 Å². The molecule has 6 heteroatoms. The van der Waals surface area contributed by atoms with E-state index in [4.69, 9.17) is 4.74 Å². The number of hydrogen-bond acceptors (Lipinski definition) is 5. The lowest BCUT2D eigenvalue weighted by atomic mass is 9.93. The Morgan fingerprint density at radius 3 is 2.19 bits per heavy atom. The van der Waals surface area contributed by atoms with Gasteiger partial charge >= 0.3 is 0 Å². The van der Waals surface area contributed by atoms with E-state index in [0.717, 1.165) is 35.5 Å². The molecule has 0 aromatic heterocycles. The summed E-state index contributed by atoms with van der Waals surface area (Å²) < 4.78 is 5.59. The smallest absolute Gasteiger partial charge is 0.300 e. The van der Waals surface area contributed by atoms with Crippen LogP contribution in [0, 0.1) is 13.8 Å². The highest BCUT2D eigenvalue weighted by Gasteiger charge is 2.47. The second-order valence-corrected chi connectivity index (χ2v) is 9.81. The molecule has 37 heavy (non-hydrogen) atoms. The van der Waals surface area contributed by atoms with Crippen LogP contribution in [0.15, 0.2) is 72.3 Å². The number of rotatable bonds is 5. The fourth-order valence-corrected chi connectivity index (χ4v) is 5.57. The SMILES string of the molecule is COc1c(C)cc(C)cc1/C(O)=C1\C(=O)C(=O)N(c2ccc(N3CCCCC3)cc2)C1c1ccccc1. The van der Waals surface area contributed by atoms with Crippen LogP contribution in [0.2, 0.25) is 0 Å². The van der Waals surface area contributed by atoms with Crippen molar-refractivity contribution in [2.24, 2.45) is 0 Å². The number of methoxy groups -OCH3 is 1. The fourth-order valence-electron chi connectivity index (χ4n) is 5.57. The van der Waals surface area contributed by atoms with Crippen molar-refractivity contribution >= 4 is 28.8 Å². The number of ether oxygens (including phenoxy) is 1. The first-order chi connectivity index (χ1) is 17.9. The van der Waals surface area contributed by atoms with E-state index >= 15 is 0 Å². The Labute approximate surface area is 217 Å². The standard InChI is InChI=1S/C31H32N2O4/c1-20-18-21(2)30(37-3)25(19-20)28(34)26-27(22-10-6-4-7-11-22)33(31(36)29(26)35)24-14-12-23(13-15-24)32-16-8-5-9-17-32/h4,6-7,10-15,18-19,27,34H,5,8-9,16-17H2,1-3H3/b28-26+. The molecule has 1 N–H and O–H groups in total. The first kappa shape index (κ1) is 24.6. The lowest BCUT2D eigenvalue weighted by Gasteiger charge is -2.30. The Kier molecular flexibility index (Phi) is 6.74. The van der Waals surface area contributed by atoms with Crippen LogP contribution in [-0.2, 0) is 9.59 Å². The summed E-state index contributed by atoms with van der Waals surface area (Å²) in [6.45, 7) is 5.84. The average molecular weight is 497 g/mol. The Morgan fingerprint density at radius 1 is 0.892 bits per heavy atom. The third-order valence-corrected chi connectivity index (χ3v) is 7.29. The molecular weight excluding hydrogens is 464 g/mol. The van der Waals surface area contributed by atoms with Gasteiger partial charge in [-0.1, -0.05) is 36.4 Å². The van der Waals surface area contributed by atoms with Crippen molar-refractivity contribution in [3.8, 4) is 5.75 Å². The maximum absolute atomic E-state index is 13.5. The normalized spacial score (nSPS) is 19.4. The van der Waals surface area contributed by atoms with Crippen molar-refractivity contribution in [1.82, 2.24) is 0 Å². The molecule has 190 valence electrons. The quantitative estimate of drug-likeness (QED) is 0.269. The molecule has 0 radical (unpaired) electrons. The fraction of sp³-hybridized carbons (Fsp3) is 0.290. The molecule has 1 atom stereocenters. The van der Waals surface area contributed by atoms with Crippen LogP contribution >= 0.6 is 0 Å². The molecular formula is C31H32N2O4. The topological polar surface area (TPSA) is 70.1 Å². The second kappa shape index (κ2) is 10.1. The van der Waals surface area contributed by atoms with Gasteiger partial charge in [0.05, 0.1) is 24.3 Å². The number of aliphatic hydroxyl groups is 1. The van der Waals surface area contributed by atoms with Crippen LogP contribution in [0.5, 0.6) is 5.75 Å². The van der Waals surface area contributed by atoms with Crippen molar-refractivity contribution in [3.63, 3.8) is 0 Å². The predicted octanol–water partition coefficient (Wildman–Crippen LogP) is 5.93. The number of hydrogen-bond donors (Lipinski definition) is 1. The van der Waals surface area contributed by atoms with Crippen molar-refractivity contribution in [2.45, 2.75) is 39.2 Å². The van der Waals surface area contributed by atoms with E-state index in [0.29, 0.717) is 17.0 Å². The highest BCUT2D eigenvalue weighted by molar-refractivity contribution is 6.51. The number of benzene rings is 3. The number of ketones is 1. The number of nitrogens with zero attached hydrogens (tertiary/aromatic N) is 2. The zero-order valence-electron chi connectivity index (χ0n) is 21.5. The highest BCUT2D eigenvalue weighted by atomic mass is 16.5. The maximum atomic E-state index is 13.5. The van der Waals surface area contributed by atoms with Gasteiger partial charge in [0.25, 0.3) is 11.7 Å². The molecule has 1 unspecified atom stereocenters. The number of Topliss-reactive ketones (excluding diaryl/α,β-unsaturated/α-hetero) is 1. The van der Waals surface area contributed by atoms with Crippen molar-refractivity contribution in [2.75, 3.05) is 30.0 Å². The number of amides is 1. The zero-order valence-corrected chi connectivity index (χ0v) is 21.5. The van der Waals surface area contributed by atoms with Gasteiger partial charge in [-0.05, 0) is 80.1 Å². The Hall–Kier alpha value is -4.06. The summed E-state index contributed by atoms with van der Waals surface area (Å²) in [7, 11) is 1.53. The molecule has 0 bridgehead atoms. The Morgan fingerprint density at radius 2 is 1.54 bits per heavy atom. The molecule has 1 amide bonds. The summed E-state index contributed by atoms with van der Waals surface area (Å²) in [4.78, 5) is 30.9. The summed E-state index contributed by atoms with van der Waals surface area (Å²) in [6.07, 6.45) is 3.60. The summed E-state index contributed by atoms with van der Waals surface area (Å²) in [5.74, 6) is -1.13. The van der Waals surface area contributed by atoms with Gasteiger partial charge in [-0.2, -0.15) is 0 Å². The molecule has 6 nitrogen and oxygen atoms in total. The summed E-state index contributed by atoms with van der Waals surface area (Å²) >= 11 is 0. The summed E-state index contributed by atoms with van der Waals surface area (Å²) in [5, 5.41) is 11.6. The Bertz CT molecular complexity index is 1360. The molecule has 0 spiro atoms. The number of carbonyl (C=O) groups is 2. The van der Waals surface area contributed by atoms with E-state index in [1.165, 1.54) is 31.3 Å². The van der Waals surface area contributed by atoms with E-state index in [2.05, 4.69) is 4.90 Å². The van der Waals surface area contributed by atoms with Gasteiger partial charge in [-0.25, -0.2) is 0 Å². The largest absolute Gasteiger partial charge is 0.507 e. The van der Waals surface area contributed by atoms with E-state index in [1.54, 1.807) is 6.07 Å². The molecule has 0 saturated carbocycles. The van der Waals surface area contributed by atoms with Crippen molar-refractivity contribution in [1.29, 1.82) is 0 Å². The average Bonchev–Trinajstić information content (AvgIpc) is 3.19. The van der Waals surface area contributed by atoms with Gasteiger partial charge < -0.3 is 14.7 Å². The molecule has 2 aliphatic rings. The molecule has 5 rings (SSSR count). The van der Waals surface area contributed by atoms with Crippen LogP contribution in [0.25, 0.3) is 5.76 Å². The molecule has 2 heterocycles. The van der Waals surface area contributed by atoms with Crippen molar-refractivity contribution < 1.29 is 19.4 Å². The summed E-state index contributed by atoms with van der Waals surface area (Å²) in [5.41, 5.74) is 4.67. The minimum Gasteiger partial charge on any atom is -0.507 e. The third kappa shape index (κ3) is 4.48. The highest BCUT2D eigenvalue weighted by Crippen LogP contribution is 2.44. The number of carbonyl (C=O) groups excluding carboxylic acids is 2.